The van der Waals surface area contributed by atoms with Gasteiger partial charge in [-0.2, -0.15) is 4.98 Å². The molecule has 1 saturated carbocycles. The first-order valence-corrected chi connectivity index (χ1v) is 16.4. The second-order valence-corrected chi connectivity index (χ2v) is 13.2. The number of amides is 2. The number of carbonyl (C=O) groups is 2. The Kier molecular flexibility index (Phi) is 11.0. The van der Waals surface area contributed by atoms with Crippen molar-refractivity contribution in [3.05, 3.63) is 71.9 Å². The Morgan fingerprint density at radius 2 is 1.64 bits per heavy atom. The minimum absolute atomic E-state index is 0.114. The van der Waals surface area contributed by atoms with Gasteiger partial charge in [0, 0.05) is 59.5 Å². The number of aliphatic imine (C=N–C) groups is 1. The van der Waals surface area contributed by atoms with Gasteiger partial charge in [-0.15, -0.1) is 0 Å². The predicted molar refractivity (Wildman–Crippen MR) is 192 cm³/mol. The van der Waals surface area contributed by atoms with Crippen LogP contribution in [0.4, 0.5) is 34.5 Å². The van der Waals surface area contributed by atoms with E-state index in [0.29, 0.717) is 53.3 Å². The minimum atomic E-state index is -0.256. The van der Waals surface area contributed by atoms with E-state index >= 15 is 0 Å². The van der Waals surface area contributed by atoms with Crippen molar-refractivity contribution < 1.29 is 9.59 Å². The quantitative estimate of drug-likeness (QED) is 0.171. The van der Waals surface area contributed by atoms with Crippen LogP contribution in [-0.2, 0) is 4.79 Å². The van der Waals surface area contributed by atoms with Crippen molar-refractivity contribution in [2.45, 2.75) is 57.5 Å². The zero-order valence-corrected chi connectivity index (χ0v) is 28.2. The summed E-state index contributed by atoms with van der Waals surface area (Å²) in [6.45, 7) is 5.03. The van der Waals surface area contributed by atoms with Crippen molar-refractivity contribution in [1.29, 1.82) is 0 Å². The van der Waals surface area contributed by atoms with Crippen molar-refractivity contribution >= 4 is 52.5 Å². The number of nitrogens with one attached hydrogen (secondary N) is 4. The second kappa shape index (κ2) is 15.3. The third-order valence-corrected chi connectivity index (χ3v) is 8.61. The fourth-order valence-electron chi connectivity index (χ4n) is 5.89. The molecular weight excluding hydrogens is 590 g/mol. The van der Waals surface area contributed by atoms with E-state index in [2.05, 4.69) is 54.1 Å². The molecule has 248 valence electrons. The molecule has 1 aliphatic heterocycles. The lowest BCUT2D eigenvalue weighted by Gasteiger charge is -2.33. The van der Waals surface area contributed by atoms with Crippen LogP contribution < -0.4 is 21.3 Å². The molecule has 0 bridgehead atoms. The maximum absolute atomic E-state index is 13.1. The summed E-state index contributed by atoms with van der Waals surface area (Å²) >= 11 is 0. The molecule has 11 nitrogen and oxygen atoms in total. The number of benzene rings is 2. The molecule has 11 heteroatoms. The zero-order valence-electron chi connectivity index (χ0n) is 28.2. The van der Waals surface area contributed by atoms with Crippen LogP contribution in [0.1, 0.15) is 61.5 Å². The summed E-state index contributed by atoms with van der Waals surface area (Å²) in [6, 6.07) is 15.3. The third-order valence-electron chi connectivity index (χ3n) is 8.61. The summed E-state index contributed by atoms with van der Waals surface area (Å²) in [5.74, 6) is 1.24. The molecule has 2 heterocycles. The van der Waals surface area contributed by atoms with Gasteiger partial charge in [0.25, 0.3) is 5.91 Å². The summed E-state index contributed by atoms with van der Waals surface area (Å²) < 4.78 is 0. The lowest BCUT2D eigenvalue weighted by Crippen LogP contribution is -2.36. The molecule has 1 aromatic heterocycles. The van der Waals surface area contributed by atoms with Crippen molar-refractivity contribution in [2.24, 2.45) is 10.9 Å². The average molecular weight is 638 g/mol. The highest BCUT2D eigenvalue weighted by Crippen LogP contribution is 2.41. The van der Waals surface area contributed by atoms with E-state index < -0.39 is 0 Å². The van der Waals surface area contributed by atoms with Crippen LogP contribution in [0.2, 0.25) is 0 Å². The average Bonchev–Trinajstić information content (AvgIpc) is 3.46. The minimum Gasteiger partial charge on any atom is -0.351 e. The predicted octanol–water partition coefficient (Wildman–Crippen LogP) is 6.27. The number of nitrogens with zero attached hydrogens (tertiary/aromatic N) is 5. The lowest BCUT2D eigenvalue weighted by molar-refractivity contribution is -0.111. The number of hydrogen-bond donors (Lipinski definition) is 4. The normalized spacial score (nSPS) is 19.0. The smallest absolute Gasteiger partial charge is 0.255 e. The van der Waals surface area contributed by atoms with Crippen LogP contribution in [-0.4, -0.2) is 84.6 Å². The largest absolute Gasteiger partial charge is 0.351 e. The molecule has 3 aromatic rings. The molecule has 0 radical (unpaired) electrons. The number of hydrogen-bond acceptors (Lipinski definition) is 9. The molecule has 1 aliphatic carbocycles. The summed E-state index contributed by atoms with van der Waals surface area (Å²) in [6.07, 6.45) is 9.70. The molecule has 1 fully saturated rings. The molecule has 0 spiro atoms. The summed E-state index contributed by atoms with van der Waals surface area (Å²) in [7, 11) is 8.18. The number of carbonyl (C=O) groups excluding carboxylic acids is 2. The Hall–Kier alpha value is -4.61. The Morgan fingerprint density at radius 1 is 0.915 bits per heavy atom. The first kappa shape index (κ1) is 33.7. The molecule has 1 unspecified atom stereocenters. The SMILES string of the molecule is CC(C)C1C=Nc2c(Nc3cccc(NC(=O)c4ccc(NC(=O)/C=C/CN(C)C)cc4)c3)nc(NC3CCC(N(C)C)CC3)nc21. The van der Waals surface area contributed by atoms with Gasteiger partial charge in [-0.3, -0.25) is 14.6 Å². The maximum Gasteiger partial charge on any atom is 0.255 e. The number of rotatable bonds is 12. The van der Waals surface area contributed by atoms with Gasteiger partial charge in [0.2, 0.25) is 11.9 Å². The summed E-state index contributed by atoms with van der Waals surface area (Å²) in [4.78, 5) is 44.1. The van der Waals surface area contributed by atoms with E-state index in [4.69, 9.17) is 15.0 Å². The highest BCUT2D eigenvalue weighted by Gasteiger charge is 2.29. The van der Waals surface area contributed by atoms with Gasteiger partial charge < -0.3 is 31.1 Å². The van der Waals surface area contributed by atoms with Crippen LogP contribution in [0.5, 0.6) is 0 Å². The lowest BCUT2D eigenvalue weighted by atomic mass is 9.90. The Morgan fingerprint density at radius 3 is 2.32 bits per heavy atom. The third kappa shape index (κ3) is 9.02. The number of likely N-dealkylation sites (N-methyl/N-ethyl adjacent to an activating group) is 1. The summed E-state index contributed by atoms with van der Waals surface area (Å²) in [5, 5.41) is 12.9. The monoisotopic (exact) mass is 637 g/mol. The van der Waals surface area contributed by atoms with Gasteiger partial charge in [-0.1, -0.05) is 26.0 Å². The van der Waals surface area contributed by atoms with Gasteiger partial charge in [-0.25, -0.2) is 4.98 Å². The molecule has 0 saturated heterocycles. The first-order valence-electron chi connectivity index (χ1n) is 16.4. The van der Waals surface area contributed by atoms with Crippen LogP contribution in [0.15, 0.2) is 65.7 Å². The van der Waals surface area contributed by atoms with Gasteiger partial charge in [0.1, 0.15) is 5.69 Å². The highest BCUT2D eigenvalue weighted by molar-refractivity contribution is 6.05. The Labute approximate surface area is 278 Å². The number of anilines is 5. The Bertz CT molecular complexity index is 1610. The molecule has 1 atom stereocenters. The van der Waals surface area contributed by atoms with E-state index in [1.807, 2.05) is 49.5 Å². The van der Waals surface area contributed by atoms with E-state index in [0.717, 1.165) is 42.8 Å². The topological polar surface area (TPSA) is 127 Å². The first-order chi connectivity index (χ1) is 22.5. The van der Waals surface area contributed by atoms with Crippen LogP contribution >= 0.6 is 0 Å². The molecular formula is C36H47N9O2. The standard InChI is InChI=1S/C36H47N9O2/c1-23(2)30-22-37-33-32(30)42-36(41-26-16-18-29(19-17-26)45(5)6)43-34(33)39-27-9-7-10-28(21-27)40-35(47)24-12-14-25(15-13-24)38-31(46)11-8-20-44(3)4/h7-15,21-23,26,29-30H,16-20H2,1-6H3,(H,38,46)(H,40,47)(H2,39,41,42,43)/b11-8+. The molecule has 2 aliphatic rings. The number of fused-ring (bicyclic) bond motifs is 1. The van der Waals surface area contributed by atoms with Crippen molar-refractivity contribution in [1.82, 2.24) is 19.8 Å². The molecule has 2 amide bonds. The van der Waals surface area contributed by atoms with Gasteiger partial charge >= 0.3 is 0 Å². The van der Waals surface area contributed by atoms with Gasteiger partial charge in [0.05, 0.1) is 5.69 Å². The fourth-order valence-corrected chi connectivity index (χ4v) is 5.89. The fraction of sp³-hybridized carbons (Fsp3) is 0.417. The molecule has 2 aromatic carbocycles. The zero-order chi connectivity index (χ0) is 33.5. The van der Waals surface area contributed by atoms with Gasteiger partial charge in [0.15, 0.2) is 5.82 Å². The van der Waals surface area contributed by atoms with Crippen molar-refractivity contribution in [3.63, 3.8) is 0 Å². The highest BCUT2D eigenvalue weighted by atomic mass is 16.2. The summed E-state index contributed by atoms with van der Waals surface area (Å²) in [5.41, 5.74) is 4.17. The van der Waals surface area contributed by atoms with Crippen LogP contribution in [0.3, 0.4) is 0 Å². The van der Waals surface area contributed by atoms with Crippen molar-refractivity contribution in [3.8, 4) is 0 Å². The van der Waals surface area contributed by atoms with Gasteiger partial charge in [-0.05, 0) is 102 Å². The van der Waals surface area contributed by atoms with E-state index in [9.17, 15) is 9.59 Å². The van der Waals surface area contributed by atoms with E-state index in [1.165, 1.54) is 6.08 Å². The maximum atomic E-state index is 13.1. The van der Waals surface area contributed by atoms with E-state index in [-0.39, 0.29) is 17.7 Å². The Balaban J connectivity index is 1.26. The van der Waals surface area contributed by atoms with E-state index in [1.54, 1.807) is 30.3 Å². The van der Waals surface area contributed by atoms with Crippen LogP contribution in [0, 0.1) is 5.92 Å². The molecule has 4 N–H and O–H groups in total. The van der Waals surface area contributed by atoms with Crippen LogP contribution in [0.25, 0.3) is 0 Å². The number of aromatic nitrogens is 2. The van der Waals surface area contributed by atoms with Crippen molar-refractivity contribution in [2.75, 3.05) is 56.0 Å². The second-order valence-electron chi connectivity index (χ2n) is 13.2. The molecule has 47 heavy (non-hydrogen) atoms. The molecule has 5 rings (SSSR count).